The monoisotopic (exact) mass is 279 g/mol. The zero-order valence-electron chi connectivity index (χ0n) is 8.41. The van der Waals surface area contributed by atoms with Crippen molar-refractivity contribution in [3.05, 3.63) is 29.8 Å². The Morgan fingerprint density at radius 3 is 1.94 bits per heavy atom. The summed E-state index contributed by atoms with van der Waals surface area (Å²) in [6, 6.07) is -4.80. The van der Waals surface area contributed by atoms with Crippen molar-refractivity contribution in [2.24, 2.45) is 0 Å². The average molecular weight is 279 g/mol. The van der Waals surface area contributed by atoms with Crippen LogP contribution in [0.1, 0.15) is 0 Å². The third kappa shape index (κ3) is 2.49. The van der Waals surface area contributed by atoms with E-state index >= 15 is 0 Å². The molecule has 0 spiro atoms. The molecule has 0 amide bonds. The Bertz CT molecular complexity index is 427. The van der Waals surface area contributed by atoms with Crippen molar-refractivity contribution < 1.29 is 35.1 Å². The third-order valence-corrected chi connectivity index (χ3v) is 2.00. The Labute approximate surface area is 95.6 Å². The molecule has 0 unspecified atom stereocenters. The minimum Gasteiger partial charge on any atom is -0.274 e. The SMILES string of the molecule is FCN(c1ccc(F)cc1F)C(F)(F)C(F)(F)F. The minimum atomic E-state index is -6.10. The third-order valence-electron chi connectivity index (χ3n) is 2.00. The van der Waals surface area contributed by atoms with Crippen LogP contribution in [0.25, 0.3) is 0 Å². The fourth-order valence-electron chi connectivity index (χ4n) is 1.14. The number of hydrogen-bond donors (Lipinski definition) is 0. The first-order chi connectivity index (χ1) is 8.11. The molecule has 0 saturated carbocycles. The van der Waals surface area contributed by atoms with E-state index in [0.717, 1.165) is 0 Å². The molecular formula is C9H5F8N. The standard InChI is InChI=1S/C9H5F8N/c10-4-18(9(16,17)8(13,14)15)7-2-1-5(11)3-6(7)12/h1-3H,4H2. The van der Waals surface area contributed by atoms with Gasteiger partial charge in [0.15, 0.2) is 6.80 Å². The molecule has 102 valence electrons. The highest BCUT2D eigenvalue weighted by Crippen LogP contribution is 2.41. The first-order valence-corrected chi connectivity index (χ1v) is 4.34. The van der Waals surface area contributed by atoms with Gasteiger partial charge in [0, 0.05) is 6.07 Å². The van der Waals surface area contributed by atoms with E-state index in [1.807, 2.05) is 0 Å². The van der Waals surface area contributed by atoms with Gasteiger partial charge in [-0.25, -0.2) is 13.2 Å². The van der Waals surface area contributed by atoms with Crippen molar-refractivity contribution in [1.82, 2.24) is 0 Å². The quantitative estimate of drug-likeness (QED) is 0.600. The van der Waals surface area contributed by atoms with Gasteiger partial charge in [-0.05, 0) is 12.1 Å². The molecule has 1 rings (SSSR count). The zero-order valence-corrected chi connectivity index (χ0v) is 8.41. The Hall–Kier alpha value is -1.54. The lowest BCUT2D eigenvalue weighted by molar-refractivity contribution is -0.283. The van der Waals surface area contributed by atoms with Gasteiger partial charge in [-0.3, -0.25) is 4.90 Å². The molecule has 0 heterocycles. The second-order valence-electron chi connectivity index (χ2n) is 3.18. The molecule has 18 heavy (non-hydrogen) atoms. The van der Waals surface area contributed by atoms with Crippen LogP contribution >= 0.6 is 0 Å². The molecule has 1 aromatic rings. The minimum absolute atomic E-state index is 0.0739. The molecule has 0 atom stereocenters. The molecule has 9 heteroatoms. The van der Waals surface area contributed by atoms with E-state index in [4.69, 9.17) is 0 Å². The summed E-state index contributed by atoms with van der Waals surface area (Å²) in [7, 11) is 0. The van der Waals surface area contributed by atoms with Crippen LogP contribution in [0.3, 0.4) is 0 Å². The Kier molecular flexibility index (Phi) is 3.72. The molecule has 0 radical (unpaired) electrons. The van der Waals surface area contributed by atoms with Gasteiger partial charge in [0.1, 0.15) is 11.6 Å². The first-order valence-electron chi connectivity index (χ1n) is 4.34. The van der Waals surface area contributed by atoms with Gasteiger partial charge in [0.2, 0.25) is 0 Å². The fourth-order valence-corrected chi connectivity index (χ4v) is 1.14. The molecule has 0 aliphatic rings. The molecular weight excluding hydrogens is 274 g/mol. The Morgan fingerprint density at radius 2 is 1.56 bits per heavy atom. The van der Waals surface area contributed by atoms with Gasteiger partial charge in [-0.2, -0.15) is 22.0 Å². The largest absolute Gasteiger partial charge is 0.475 e. The maximum absolute atomic E-state index is 13.1. The highest BCUT2D eigenvalue weighted by Gasteiger charge is 2.62. The van der Waals surface area contributed by atoms with Crippen molar-refractivity contribution in [2.45, 2.75) is 12.2 Å². The average Bonchev–Trinajstić information content (AvgIpc) is 2.20. The summed E-state index contributed by atoms with van der Waals surface area (Å²) in [5.41, 5.74) is -1.39. The smallest absolute Gasteiger partial charge is 0.274 e. The molecule has 0 aliphatic carbocycles. The van der Waals surface area contributed by atoms with Gasteiger partial charge in [-0.1, -0.05) is 0 Å². The number of hydrogen-bond acceptors (Lipinski definition) is 1. The number of halogens is 8. The normalized spacial score (nSPS) is 12.7. The van der Waals surface area contributed by atoms with Crippen molar-refractivity contribution in [1.29, 1.82) is 0 Å². The van der Waals surface area contributed by atoms with E-state index in [9.17, 15) is 35.1 Å². The van der Waals surface area contributed by atoms with Crippen molar-refractivity contribution >= 4 is 5.69 Å². The molecule has 0 fully saturated rings. The predicted molar refractivity (Wildman–Crippen MR) is 45.8 cm³/mol. The van der Waals surface area contributed by atoms with E-state index in [1.165, 1.54) is 0 Å². The van der Waals surface area contributed by atoms with Gasteiger partial charge < -0.3 is 0 Å². The summed E-state index contributed by atoms with van der Waals surface area (Å²) >= 11 is 0. The first kappa shape index (κ1) is 14.5. The van der Waals surface area contributed by atoms with Crippen LogP contribution in [-0.2, 0) is 0 Å². The van der Waals surface area contributed by atoms with Gasteiger partial charge in [0.25, 0.3) is 0 Å². The maximum atomic E-state index is 13.1. The fraction of sp³-hybridized carbons (Fsp3) is 0.333. The van der Waals surface area contributed by atoms with Gasteiger partial charge >= 0.3 is 12.2 Å². The molecule has 0 aromatic heterocycles. The highest BCUT2D eigenvalue weighted by atomic mass is 19.4. The van der Waals surface area contributed by atoms with Crippen LogP contribution < -0.4 is 4.90 Å². The molecule has 0 bridgehead atoms. The van der Waals surface area contributed by atoms with E-state index in [0.29, 0.717) is 12.1 Å². The van der Waals surface area contributed by atoms with Crippen LogP contribution in [0.15, 0.2) is 18.2 Å². The molecule has 1 nitrogen and oxygen atoms in total. The Balaban J connectivity index is 3.26. The van der Waals surface area contributed by atoms with E-state index in [1.54, 1.807) is 0 Å². The molecule has 0 N–H and O–H groups in total. The van der Waals surface area contributed by atoms with Crippen LogP contribution in [0.4, 0.5) is 40.8 Å². The number of alkyl halides is 6. The number of nitrogens with zero attached hydrogens (tertiary/aromatic N) is 1. The van der Waals surface area contributed by atoms with Crippen LogP contribution in [0.5, 0.6) is 0 Å². The summed E-state index contributed by atoms with van der Waals surface area (Å²) in [6.45, 7) is -2.30. The lowest BCUT2D eigenvalue weighted by atomic mass is 10.2. The summed E-state index contributed by atoms with van der Waals surface area (Å²) in [6.07, 6.45) is -6.10. The summed E-state index contributed by atoms with van der Waals surface area (Å²) in [4.78, 5) is -1.14. The van der Waals surface area contributed by atoms with Crippen molar-refractivity contribution in [3.63, 3.8) is 0 Å². The molecule has 0 saturated heterocycles. The topological polar surface area (TPSA) is 3.24 Å². The predicted octanol–water partition coefficient (Wildman–Crippen LogP) is 3.85. The summed E-state index contributed by atoms with van der Waals surface area (Å²) in [5, 5.41) is 0. The number of benzene rings is 1. The molecule has 1 aromatic carbocycles. The van der Waals surface area contributed by atoms with Gasteiger partial charge in [0.05, 0.1) is 5.69 Å². The Morgan fingerprint density at radius 1 is 1.00 bits per heavy atom. The molecule has 0 aliphatic heterocycles. The summed E-state index contributed by atoms with van der Waals surface area (Å²) in [5.74, 6) is -2.91. The lowest BCUT2D eigenvalue weighted by Gasteiger charge is -2.31. The second kappa shape index (κ2) is 4.62. The van der Waals surface area contributed by atoms with E-state index in [-0.39, 0.29) is 6.07 Å². The van der Waals surface area contributed by atoms with E-state index < -0.39 is 41.2 Å². The van der Waals surface area contributed by atoms with Crippen LogP contribution in [0, 0.1) is 11.6 Å². The number of anilines is 1. The lowest BCUT2D eigenvalue weighted by Crippen LogP contribution is -2.52. The number of rotatable bonds is 3. The maximum Gasteiger partial charge on any atom is 0.475 e. The second-order valence-corrected chi connectivity index (χ2v) is 3.18. The van der Waals surface area contributed by atoms with Gasteiger partial charge in [-0.15, -0.1) is 0 Å². The van der Waals surface area contributed by atoms with Crippen molar-refractivity contribution in [3.8, 4) is 0 Å². The van der Waals surface area contributed by atoms with Crippen molar-refractivity contribution in [2.75, 3.05) is 11.7 Å². The zero-order chi connectivity index (χ0) is 14.1. The highest BCUT2D eigenvalue weighted by molar-refractivity contribution is 5.49. The van der Waals surface area contributed by atoms with Crippen LogP contribution in [0.2, 0.25) is 0 Å². The summed E-state index contributed by atoms with van der Waals surface area (Å²) < 4.78 is 99.6. The van der Waals surface area contributed by atoms with E-state index in [2.05, 4.69) is 0 Å². The van der Waals surface area contributed by atoms with Crippen LogP contribution in [-0.4, -0.2) is 19.0 Å².